The van der Waals surface area contributed by atoms with E-state index in [1.165, 1.54) is 6.07 Å². The molecule has 11 heavy (non-hydrogen) atoms. The summed E-state index contributed by atoms with van der Waals surface area (Å²) < 4.78 is 12.6. The first-order chi connectivity index (χ1) is 5.11. The Kier molecular flexibility index (Phi) is 1.85. The third-order valence-corrected chi connectivity index (χ3v) is 1.19. The standard InChI is InChI=1S/C7H6FNO2/c1-4-2-3-5(8)6(9-4)7(10)11/h2-3H,1H3,(H,10,11). The molecule has 0 aliphatic heterocycles. The predicted octanol–water partition coefficient (Wildman–Crippen LogP) is 1.23. The van der Waals surface area contributed by atoms with Gasteiger partial charge in [-0.2, -0.15) is 0 Å². The van der Waals surface area contributed by atoms with Crippen molar-refractivity contribution < 1.29 is 14.3 Å². The molecule has 1 aromatic rings. The Bertz CT molecular complexity index is 298. The highest BCUT2D eigenvalue weighted by atomic mass is 19.1. The average molecular weight is 155 g/mol. The fourth-order valence-electron chi connectivity index (χ4n) is 0.690. The molecule has 1 N–H and O–H groups in total. The SMILES string of the molecule is Cc1ccc(F)c(C(=O)O)n1. The highest BCUT2D eigenvalue weighted by Gasteiger charge is 2.10. The normalized spacial score (nSPS) is 9.64. The molecule has 58 valence electrons. The second-order valence-electron chi connectivity index (χ2n) is 2.09. The molecular weight excluding hydrogens is 149 g/mol. The zero-order valence-corrected chi connectivity index (χ0v) is 5.84. The van der Waals surface area contributed by atoms with Gasteiger partial charge in [0, 0.05) is 5.69 Å². The van der Waals surface area contributed by atoms with Gasteiger partial charge in [-0.1, -0.05) is 0 Å². The number of pyridine rings is 1. The van der Waals surface area contributed by atoms with Gasteiger partial charge in [0.05, 0.1) is 0 Å². The Hall–Kier alpha value is -1.45. The number of rotatable bonds is 1. The molecule has 0 aliphatic carbocycles. The van der Waals surface area contributed by atoms with Crippen LogP contribution in [0.15, 0.2) is 12.1 Å². The number of aryl methyl sites for hydroxylation is 1. The monoisotopic (exact) mass is 155 g/mol. The fraction of sp³-hybridized carbons (Fsp3) is 0.143. The quantitative estimate of drug-likeness (QED) is 0.663. The summed E-state index contributed by atoms with van der Waals surface area (Å²) in [5.74, 6) is -2.14. The summed E-state index contributed by atoms with van der Waals surface area (Å²) in [4.78, 5) is 13.8. The second kappa shape index (κ2) is 2.65. The van der Waals surface area contributed by atoms with Crippen molar-refractivity contribution in [3.8, 4) is 0 Å². The summed E-state index contributed by atoms with van der Waals surface area (Å²) in [5.41, 5.74) is -0.0335. The Labute approximate surface area is 62.5 Å². The van der Waals surface area contributed by atoms with Crippen molar-refractivity contribution >= 4 is 5.97 Å². The summed E-state index contributed by atoms with van der Waals surface area (Å²) in [6.45, 7) is 1.60. The summed E-state index contributed by atoms with van der Waals surface area (Å²) in [6, 6.07) is 2.51. The molecule has 0 fully saturated rings. The highest BCUT2D eigenvalue weighted by molar-refractivity contribution is 5.85. The number of carboxylic acid groups (broad SMARTS) is 1. The van der Waals surface area contributed by atoms with E-state index in [0.29, 0.717) is 5.69 Å². The molecule has 0 unspecified atom stereocenters. The van der Waals surface area contributed by atoms with Gasteiger partial charge in [-0.25, -0.2) is 14.2 Å². The van der Waals surface area contributed by atoms with Crippen LogP contribution in [0.5, 0.6) is 0 Å². The number of hydrogen-bond acceptors (Lipinski definition) is 2. The topological polar surface area (TPSA) is 50.2 Å². The number of aromatic carboxylic acids is 1. The number of aromatic nitrogens is 1. The van der Waals surface area contributed by atoms with Crippen LogP contribution in [0.4, 0.5) is 4.39 Å². The van der Waals surface area contributed by atoms with E-state index in [1.54, 1.807) is 6.92 Å². The van der Waals surface area contributed by atoms with Crippen LogP contribution in [0, 0.1) is 12.7 Å². The zero-order valence-electron chi connectivity index (χ0n) is 5.84. The smallest absolute Gasteiger partial charge is 0.357 e. The molecule has 1 rings (SSSR count). The van der Waals surface area contributed by atoms with Gasteiger partial charge in [0.2, 0.25) is 0 Å². The lowest BCUT2D eigenvalue weighted by Gasteiger charge is -1.96. The molecule has 1 aromatic heterocycles. The van der Waals surface area contributed by atoms with Crippen molar-refractivity contribution in [2.75, 3.05) is 0 Å². The van der Waals surface area contributed by atoms with Gasteiger partial charge >= 0.3 is 5.97 Å². The van der Waals surface area contributed by atoms with E-state index in [0.717, 1.165) is 6.07 Å². The maximum atomic E-state index is 12.6. The van der Waals surface area contributed by atoms with E-state index < -0.39 is 17.5 Å². The van der Waals surface area contributed by atoms with E-state index >= 15 is 0 Å². The van der Waals surface area contributed by atoms with E-state index in [2.05, 4.69) is 4.98 Å². The average Bonchev–Trinajstić information content (AvgIpc) is 1.94. The summed E-state index contributed by atoms with van der Waals surface area (Å²) >= 11 is 0. The Morgan fingerprint density at radius 2 is 2.27 bits per heavy atom. The Morgan fingerprint density at radius 1 is 1.64 bits per heavy atom. The zero-order chi connectivity index (χ0) is 8.43. The van der Waals surface area contributed by atoms with Gasteiger partial charge < -0.3 is 5.11 Å². The molecule has 0 spiro atoms. The van der Waals surface area contributed by atoms with Gasteiger partial charge in [-0.3, -0.25) is 0 Å². The first kappa shape index (κ1) is 7.65. The van der Waals surface area contributed by atoms with E-state index in [1.807, 2.05) is 0 Å². The molecule has 0 saturated heterocycles. The minimum Gasteiger partial charge on any atom is -0.476 e. The van der Waals surface area contributed by atoms with Crippen molar-refractivity contribution in [3.05, 3.63) is 29.3 Å². The molecule has 1 heterocycles. The fourth-order valence-corrected chi connectivity index (χ4v) is 0.690. The molecule has 0 bridgehead atoms. The van der Waals surface area contributed by atoms with Crippen LogP contribution in [0.2, 0.25) is 0 Å². The molecule has 0 aromatic carbocycles. The molecule has 0 radical (unpaired) electrons. The molecule has 0 saturated carbocycles. The lowest BCUT2D eigenvalue weighted by Crippen LogP contribution is -2.04. The van der Waals surface area contributed by atoms with Crippen LogP contribution < -0.4 is 0 Å². The van der Waals surface area contributed by atoms with Crippen molar-refractivity contribution in [1.82, 2.24) is 4.98 Å². The number of carbonyl (C=O) groups is 1. The van der Waals surface area contributed by atoms with Gasteiger partial charge in [0.25, 0.3) is 0 Å². The van der Waals surface area contributed by atoms with Crippen molar-refractivity contribution in [3.63, 3.8) is 0 Å². The first-order valence-electron chi connectivity index (χ1n) is 2.97. The van der Waals surface area contributed by atoms with Crippen molar-refractivity contribution in [2.24, 2.45) is 0 Å². The van der Waals surface area contributed by atoms with Gasteiger partial charge in [-0.05, 0) is 19.1 Å². The molecular formula is C7H6FNO2. The number of halogens is 1. The third kappa shape index (κ3) is 1.52. The molecule has 4 heteroatoms. The van der Waals surface area contributed by atoms with Crippen molar-refractivity contribution in [1.29, 1.82) is 0 Å². The summed E-state index contributed by atoms with van der Waals surface area (Å²) in [6.07, 6.45) is 0. The highest BCUT2D eigenvalue weighted by Crippen LogP contribution is 2.04. The molecule has 0 atom stereocenters. The van der Waals surface area contributed by atoms with E-state index in [9.17, 15) is 9.18 Å². The minimum atomic E-state index is -1.34. The van der Waals surface area contributed by atoms with Crippen LogP contribution >= 0.6 is 0 Å². The largest absolute Gasteiger partial charge is 0.476 e. The van der Waals surface area contributed by atoms with Crippen LogP contribution in [0.3, 0.4) is 0 Å². The number of nitrogens with zero attached hydrogens (tertiary/aromatic N) is 1. The van der Waals surface area contributed by atoms with Crippen molar-refractivity contribution in [2.45, 2.75) is 6.92 Å². The minimum absolute atomic E-state index is 0.490. The van der Waals surface area contributed by atoms with Gasteiger partial charge in [-0.15, -0.1) is 0 Å². The van der Waals surface area contributed by atoms with Crippen LogP contribution in [0.25, 0.3) is 0 Å². The van der Waals surface area contributed by atoms with Crippen LogP contribution in [0.1, 0.15) is 16.2 Å². The van der Waals surface area contributed by atoms with Gasteiger partial charge in [0.1, 0.15) is 0 Å². The maximum Gasteiger partial charge on any atom is 0.357 e. The summed E-state index contributed by atoms with van der Waals surface area (Å²) in [5, 5.41) is 8.39. The Morgan fingerprint density at radius 3 is 2.73 bits per heavy atom. The number of carboxylic acids is 1. The lowest BCUT2D eigenvalue weighted by molar-refractivity contribution is 0.0684. The first-order valence-corrected chi connectivity index (χ1v) is 2.97. The molecule has 3 nitrogen and oxygen atoms in total. The Balaban J connectivity index is 3.23. The van der Waals surface area contributed by atoms with Crippen LogP contribution in [-0.2, 0) is 0 Å². The lowest BCUT2D eigenvalue weighted by atomic mass is 10.3. The molecule has 0 amide bonds. The second-order valence-corrected chi connectivity index (χ2v) is 2.09. The maximum absolute atomic E-state index is 12.6. The molecule has 0 aliphatic rings. The van der Waals surface area contributed by atoms with Gasteiger partial charge in [0.15, 0.2) is 11.5 Å². The van der Waals surface area contributed by atoms with Crippen LogP contribution in [-0.4, -0.2) is 16.1 Å². The predicted molar refractivity (Wildman–Crippen MR) is 35.9 cm³/mol. The third-order valence-electron chi connectivity index (χ3n) is 1.19. The summed E-state index contributed by atoms with van der Waals surface area (Å²) in [7, 11) is 0. The van der Waals surface area contributed by atoms with E-state index in [-0.39, 0.29) is 0 Å². The number of hydrogen-bond donors (Lipinski definition) is 1. The van der Waals surface area contributed by atoms with E-state index in [4.69, 9.17) is 5.11 Å².